The first kappa shape index (κ1) is 25.5. The van der Waals surface area contributed by atoms with E-state index in [9.17, 15) is 0 Å². The number of unbranched alkanes of at least 4 members (excludes halogenated alkanes) is 10. The van der Waals surface area contributed by atoms with E-state index in [1.54, 1.807) is 21.7 Å². The Morgan fingerprint density at radius 1 is 0.474 bits per heavy atom. The van der Waals surface area contributed by atoms with Gasteiger partial charge < -0.3 is 0 Å². The fraction of sp³-hybridized carbons (Fsp3) is 1.00. The molecule has 0 N–H and O–H groups in total. The SMILES string of the molecule is CCCCCCC[CH2][Sn][CH2]CCCCCCC.S.S. The summed E-state index contributed by atoms with van der Waals surface area (Å²) in [6, 6.07) is 0. The Hall–Kier alpha value is 1.50. The second-order valence-electron chi connectivity index (χ2n) is 5.29. The Labute approximate surface area is 147 Å². The zero-order valence-electron chi connectivity index (χ0n) is 13.4. The molecule has 0 saturated heterocycles. The molecule has 0 spiro atoms. The van der Waals surface area contributed by atoms with Gasteiger partial charge in [0.2, 0.25) is 0 Å². The van der Waals surface area contributed by atoms with E-state index < -0.39 is 0 Å². The van der Waals surface area contributed by atoms with E-state index in [-0.39, 0.29) is 48.1 Å². The van der Waals surface area contributed by atoms with E-state index in [0.29, 0.717) is 0 Å². The summed E-state index contributed by atoms with van der Waals surface area (Å²) >= 11 is 0.0736. The number of hydrogen-bond donors (Lipinski definition) is 0. The van der Waals surface area contributed by atoms with E-state index in [1.807, 2.05) is 0 Å². The van der Waals surface area contributed by atoms with Gasteiger partial charge in [0.15, 0.2) is 0 Å². The van der Waals surface area contributed by atoms with Crippen molar-refractivity contribution in [2.75, 3.05) is 0 Å². The van der Waals surface area contributed by atoms with Crippen LogP contribution >= 0.6 is 27.0 Å². The Balaban J connectivity index is -0.00000128. The van der Waals surface area contributed by atoms with E-state index in [0.717, 1.165) is 0 Å². The molecule has 0 fully saturated rings. The molecule has 118 valence electrons. The Kier molecular flexibility index (Phi) is 32.8. The molecule has 0 bridgehead atoms. The van der Waals surface area contributed by atoms with Crippen LogP contribution in [0.4, 0.5) is 0 Å². The van der Waals surface area contributed by atoms with Crippen LogP contribution in [-0.4, -0.2) is 21.1 Å². The van der Waals surface area contributed by atoms with Gasteiger partial charge in [-0.05, 0) is 0 Å². The van der Waals surface area contributed by atoms with Crippen LogP contribution in [0.15, 0.2) is 0 Å². The van der Waals surface area contributed by atoms with Crippen LogP contribution < -0.4 is 0 Å². The second-order valence-corrected chi connectivity index (χ2v) is 9.57. The minimum Gasteiger partial charge on any atom is -0.197 e. The standard InChI is InChI=1S/2C8H17.2H2S.Sn/c2*1-3-5-7-8-6-4-2;;;/h2*1,3-8H2,2H3;2*1H2;. The van der Waals surface area contributed by atoms with Gasteiger partial charge in [-0.1, -0.05) is 0 Å². The molecule has 19 heavy (non-hydrogen) atoms. The Morgan fingerprint density at radius 3 is 1.16 bits per heavy atom. The predicted octanol–water partition coefficient (Wildman–Crippen LogP) is 6.47. The molecule has 0 unspecified atom stereocenters. The van der Waals surface area contributed by atoms with E-state index in [2.05, 4.69) is 13.8 Å². The maximum Gasteiger partial charge on any atom is -0.197 e. The van der Waals surface area contributed by atoms with Crippen molar-refractivity contribution in [3.05, 3.63) is 0 Å². The Bertz CT molecular complexity index is 118. The molecule has 0 atom stereocenters. The van der Waals surface area contributed by atoms with Gasteiger partial charge in [0.25, 0.3) is 0 Å². The minimum absolute atomic E-state index is 0. The molecule has 0 aromatic carbocycles. The van der Waals surface area contributed by atoms with Crippen molar-refractivity contribution in [3.8, 4) is 0 Å². The molecule has 2 radical (unpaired) electrons. The molecule has 0 rings (SSSR count). The molecule has 0 aromatic rings. The van der Waals surface area contributed by atoms with Crippen molar-refractivity contribution in [2.45, 2.75) is 99.8 Å². The monoisotopic (exact) mass is 414 g/mol. The van der Waals surface area contributed by atoms with Gasteiger partial charge in [0.05, 0.1) is 0 Å². The average molecular weight is 413 g/mol. The zero-order chi connectivity index (χ0) is 12.6. The van der Waals surface area contributed by atoms with Crippen LogP contribution in [0, 0.1) is 0 Å². The molecule has 0 aliphatic heterocycles. The van der Waals surface area contributed by atoms with Crippen LogP contribution in [0.5, 0.6) is 0 Å². The predicted molar refractivity (Wildman–Crippen MR) is 103 cm³/mol. The van der Waals surface area contributed by atoms with E-state index >= 15 is 0 Å². The van der Waals surface area contributed by atoms with Crippen molar-refractivity contribution in [1.29, 1.82) is 0 Å². The summed E-state index contributed by atoms with van der Waals surface area (Å²) in [6.45, 7) is 4.60. The maximum atomic E-state index is 2.30. The summed E-state index contributed by atoms with van der Waals surface area (Å²) in [7, 11) is 0. The number of rotatable bonds is 14. The van der Waals surface area contributed by atoms with Gasteiger partial charge >= 0.3 is 121 Å². The van der Waals surface area contributed by atoms with Crippen molar-refractivity contribution in [3.63, 3.8) is 0 Å². The van der Waals surface area contributed by atoms with Gasteiger partial charge in [-0.3, -0.25) is 0 Å². The first-order valence-corrected chi connectivity index (χ1v) is 12.2. The first-order chi connectivity index (χ1) is 8.41. The maximum absolute atomic E-state index is 2.30. The fourth-order valence-electron chi connectivity index (χ4n) is 2.19. The van der Waals surface area contributed by atoms with Crippen molar-refractivity contribution in [2.24, 2.45) is 0 Å². The quantitative estimate of drug-likeness (QED) is 0.226. The molecule has 0 aromatic heterocycles. The minimum atomic E-state index is 0. The summed E-state index contributed by atoms with van der Waals surface area (Å²) < 4.78 is 3.31. The summed E-state index contributed by atoms with van der Waals surface area (Å²) in [6.07, 6.45) is 17.8. The topological polar surface area (TPSA) is 0 Å². The van der Waals surface area contributed by atoms with Crippen LogP contribution in [0.1, 0.15) is 90.9 Å². The fourth-order valence-corrected chi connectivity index (χ4v) is 5.75. The Morgan fingerprint density at radius 2 is 0.789 bits per heavy atom. The molecule has 3 heteroatoms. The molecule has 0 saturated carbocycles. The van der Waals surface area contributed by atoms with Crippen LogP contribution in [0.3, 0.4) is 0 Å². The summed E-state index contributed by atoms with van der Waals surface area (Å²) in [4.78, 5) is 0. The molecular weight excluding hydrogens is 375 g/mol. The molecule has 0 nitrogen and oxygen atoms in total. The largest absolute Gasteiger partial charge is 0.197 e. The second kappa shape index (κ2) is 24.5. The number of hydrogen-bond acceptors (Lipinski definition) is 0. The molecule has 0 heterocycles. The third kappa shape index (κ3) is 24.9. The van der Waals surface area contributed by atoms with Crippen molar-refractivity contribution >= 4 is 48.1 Å². The summed E-state index contributed by atoms with van der Waals surface area (Å²) in [5.74, 6) is 0. The van der Waals surface area contributed by atoms with Crippen LogP contribution in [0.2, 0.25) is 8.87 Å². The molecular formula is C16H38S2Sn. The van der Waals surface area contributed by atoms with E-state index in [1.165, 1.54) is 64.2 Å². The average Bonchev–Trinajstić information content (AvgIpc) is 2.35. The first-order valence-electron chi connectivity index (χ1n) is 8.12. The molecule has 0 amide bonds. The normalized spacial score (nSPS) is 9.79. The van der Waals surface area contributed by atoms with Gasteiger partial charge in [-0.2, -0.15) is 27.0 Å². The molecule has 0 aliphatic rings. The van der Waals surface area contributed by atoms with Crippen LogP contribution in [0.25, 0.3) is 0 Å². The van der Waals surface area contributed by atoms with Gasteiger partial charge in [-0.15, -0.1) is 0 Å². The van der Waals surface area contributed by atoms with Crippen LogP contribution in [-0.2, 0) is 0 Å². The third-order valence-electron chi connectivity index (χ3n) is 3.41. The van der Waals surface area contributed by atoms with E-state index in [4.69, 9.17) is 0 Å². The molecule has 0 aliphatic carbocycles. The third-order valence-corrected chi connectivity index (χ3v) is 7.45. The summed E-state index contributed by atoms with van der Waals surface area (Å²) in [5.41, 5.74) is 0. The van der Waals surface area contributed by atoms with Crippen molar-refractivity contribution < 1.29 is 0 Å². The van der Waals surface area contributed by atoms with Gasteiger partial charge in [0, 0.05) is 0 Å². The summed E-state index contributed by atoms with van der Waals surface area (Å²) in [5, 5.41) is 0. The van der Waals surface area contributed by atoms with Gasteiger partial charge in [0.1, 0.15) is 0 Å². The smallest absolute Gasteiger partial charge is 0.197 e. The van der Waals surface area contributed by atoms with Crippen molar-refractivity contribution in [1.82, 2.24) is 0 Å². The zero-order valence-corrected chi connectivity index (χ0v) is 18.3. The van der Waals surface area contributed by atoms with Gasteiger partial charge in [-0.25, -0.2) is 0 Å².